The number of nitrogens with zero attached hydrogens (tertiary/aromatic N) is 3. The van der Waals surface area contributed by atoms with Crippen molar-refractivity contribution < 1.29 is 4.39 Å². The molecule has 3 aliphatic carbocycles. The topological polar surface area (TPSA) is 52.2 Å². The van der Waals surface area contributed by atoms with Crippen molar-refractivity contribution in [3.8, 4) is 0 Å². The van der Waals surface area contributed by atoms with E-state index in [1.54, 1.807) is 0 Å². The fraction of sp³-hybridized carbons (Fsp3) is 0.556. The van der Waals surface area contributed by atoms with Crippen LogP contribution in [0.3, 0.4) is 0 Å². The van der Waals surface area contributed by atoms with Gasteiger partial charge in [0.05, 0.1) is 5.69 Å². The second-order valence-corrected chi connectivity index (χ2v) is 11.3. The highest BCUT2D eigenvalue weighted by Crippen LogP contribution is 2.54. The molecule has 4 aliphatic rings. The van der Waals surface area contributed by atoms with Gasteiger partial charge in [-0.1, -0.05) is 19.9 Å². The first-order valence-corrected chi connectivity index (χ1v) is 12.4. The number of benzene rings is 1. The second-order valence-electron chi connectivity index (χ2n) is 11.3. The van der Waals surface area contributed by atoms with Gasteiger partial charge < -0.3 is 9.88 Å². The number of H-pyrrole nitrogens is 1. The molecule has 1 aliphatic heterocycles. The molecule has 2 heterocycles. The number of anilines is 1. The van der Waals surface area contributed by atoms with E-state index in [2.05, 4.69) is 34.7 Å². The fourth-order valence-corrected chi connectivity index (χ4v) is 6.28. The van der Waals surface area contributed by atoms with Crippen molar-refractivity contribution >= 4 is 11.3 Å². The Labute approximate surface area is 194 Å². The summed E-state index contributed by atoms with van der Waals surface area (Å²) in [6, 6.07) is 7.12. The summed E-state index contributed by atoms with van der Waals surface area (Å²) in [5, 5.41) is 0. The Hall–Kier alpha value is -2.47. The van der Waals surface area contributed by atoms with Gasteiger partial charge in [-0.25, -0.2) is 9.37 Å². The highest BCUT2D eigenvalue weighted by atomic mass is 19.1. The summed E-state index contributed by atoms with van der Waals surface area (Å²) >= 11 is 0. The van der Waals surface area contributed by atoms with Crippen LogP contribution in [0.2, 0.25) is 0 Å². The van der Waals surface area contributed by atoms with E-state index in [0.29, 0.717) is 11.5 Å². The lowest BCUT2D eigenvalue weighted by molar-refractivity contribution is 0.128. The highest BCUT2D eigenvalue weighted by Gasteiger charge is 2.46. The quantitative estimate of drug-likeness (QED) is 0.765. The molecule has 33 heavy (non-hydrogen) atoms. The van der Waals surface area contributed by atoms with Crippen LogP contribution in [0.4, 0.5) is 10.1 Å². The van der Waals surface area contributed by atoms with Crippen LogP contribution in [-0.2, 0) is 12.8 Å². The zero-order chi connectivity index (χ0) is 22.8. The summed E-state index contributed by atoms with van der Waals surface area (Å²) in [5.74, 6) is 0.592. The Bertz CT molecular complexity index is 1150. The van der Waals surface area contributed by atoms with Gasteiger partial charge in [0.2, 0.25) is 0 Å². The molecule has 5 nitrogen and oxygen atoms in total. The van der Waals surface area contributed by atoms with E-state index in [1.807, 2.05) is 12.1 Å². The minimum absolute atomic E-state index is 0.0797. The maximum Gasteiger partial charge on any atom is 0.254 e. The standard InChI is InChI=1S/C27H33FN4O/c1-26(2)16-18(24-29-22-7-8-27(9-10-27)17-21(22)25(33)30-24)15-23(26)32-13-11-31(12-14-32)20-5-3-19(28)4-6-20/h3-6,15,23H,7-14,16-17H2,1-2H3,(H,29,30,33)/t23-/m1/s1. The van der Waals surface area contributed by atoms with E-state index in [9.17, 15) is 9.18 Å². The van der Waals surface area contributed by atoms with E-state index in [1.165, 1.54) is 37.0 Å². The molecule has 1 atom stereocenters. The first kappa shape index (κ1) is 21.1. The van der Waals surface area contributed by atoms with Crippen molar-refractivity contribution in [2.45, 2.75) is 58.4 Å². The molecule has 1 aromatic carbocycles. The number of hydrogen-bond acceptors (Lipinski definition) is 4. The lowest BCUT2D eigenvalue weighted by atomic mass is 9.83. The van der Waals surface area contributed by atoms with Crippen molar-refractivity contribution in [2.75, 3.05) is 31.1 Å². The third-order valence-electron chi connectivity index (χ3n) is 8.51. The number of halogens is 1. The largest absolute Gasteiger partial charge is 0.369 e. The van der Waals surface area contributed by atoms with Gasteiger partial charge in [0.15, 0.2) is 0 Å². The van der Waals surface area contributed by atoms with E-state index in [4.69, 9.17) is 4.98 Å². The normalized spacial score (nSPS) is 25.7. The van der Waals surface area contributed by atoms with Gasteiger partial charge in [-0.2, -0.15) is 0 Å². The second kappa shape index (κ2) is 7.52. The van der Waals surface area contributed by atoms with Crippen molar-refractivity contribution in [1.82, 2.24) is 14.9 Å². The Morgan fingerprint density at radius 1 is 1.03 bits per heavy atom. The number of aryl methyl sites for hydroxylation is 1. The molecule has 6 heteroatoms. The Morgan fingerprint density at radius 3 is 2.45 bits per heavy atom. The molecule has 0 amide bonds. The molecular formula is C27H33FN4O. The highest BCUT2D eigenvalue weighted by molar-refractivity contribution is 5.65. The van der Waals surface area contributed by atoms with Crippen molar-refractivity contribution in [2.24, 2.45) is 10.8 Å². The molecule has 174 valence electrons. The van der Waals surface area contributed by atoms with Gasteiger partial charge in [0.1, 0.15) is 11.6 Å². The number of piperazine rings is 1. The Balaban J connectivity index is 1.20. The number of hydrogen-bond donors (Lipinski definition) is 1. The fourth-order valence-electron chi connectivity index (χ4n) is 6.28. The van der Waals surface area contributed by atoms with Crippen molar-refractivity contribution in [3.63, 3.8) is 0 Å². The third-order valence-corrected chi connectivity index (χ3v) is 8.51. The number of allylic oxidation sites excluding steroid dienone is 1. The van der Waals surface area contributed by atoms with Crippen LogP contribution in [0.1, 0.15) is 56.6 Å². The minimum Gasteiger partial charge on any atom is -0.369 e. The maximum absolute atomic E-state index is 13.3. The number of nitrogens with one attached hydrogen (secondary N) is 1. The van der Waals surface area contributed by atoms with Crippen molar-refractivity contribution in [3.05, 3.63) is 63.6 Å². The monoisotopic (exact) mass is 448 g/mol. The molecular weight excluding hydrogens is 415 g/mol. The summed E-state index contributed by atoms with van der Waals surface area (Å²) in [6.45, 7) is 8.42. The first-order chi connectivity index (χ1) is 15.8. The maximum atomic E-state index is 13.3. The van der Waals surface area contributed by atoms with Crippen LogP contribution in [0.15, 0.2) is 35.1 Å². The Kier molecular flexibility index (Phi) is 4.81. The molecule has 1 N–H and O–H groups in total. The molecule has 2 fully saturated rings. The summed E-state index contributed by atoms with van der Waals surface area (Å²) in [5.41, 5.74) is 4.81. The summed E-state index contributed by atoms with van der Waals surface area (Å²) in [6.07, 6.45) is 8.84. The lowest BCUT2D eigenvalue weighted by Gasteiger charge is -2.43. The third kappa shape index (κ3) is 3.82. The van der Waals surface area contributed by atoms with Gasteiger partial charge in [-0.05, 0) is 79.2 Å². The van der Waals surface area contributed by atoms with E-state index in [0.717, 1.165) is 68.2 Å². The lowest BCUT2D eigenvalue weighted by Crippen LogP contribution is -2.52. The van der Waals surface area contributed by atoms with Gasteiger partial charge in [-0.15, -0.1) is 0 Å². The summed E-state index contributed by atoms with van der Waals surface area (Å²) in [7, 11) is 0. The number of aromatic nitrogens is 2. The number of aromatic amines is 1. The van der Waals surface area contributed by atoms with Gasteiger partial charge in [0.25, 0.3) is 5.56 Å². The molecule has 6 rings (SSSR count). The van der Waals surface area contributed by atoms with Crippen LogP contribution in [0.5, 0.6) is 0 Å². The zero-order valence-electron chi connectivity index (χ0n) is 19.7. The van der Waals surface area contributed by atoms with Crippen molar-refractivity contribution in [1.29, 1.82) is 0 Å². The molecule has 1 saturated heterocycles. The van der Waals surface area contributed by atoms with Crippen LogP contribution in [-0.4, -0.2) is 47.1 Å². The van der Waals surface area contributed by atoms with E-state index < -0.39 is 0 Å². The molecule has 1 saturated carbocycles. The van der Waals surface area contributed by atoms with Crippen LogP contribution < -0.4 is 10.5 Å². The van der Waals surface area contributed by atoms with Gasteiger partial charge in [-0.3, -0.25) is 9.69 Å². The predicted molar refractivity (Wildman–Crippen MR) is 129 cm³/mol. The smallest absolute Gasteiger partial charge is 0.254 e. The van der Waals surface area contributed by atoms with E-state index in [-0.39, 0.29) is 16.8 Å². The van der Waals surface area contributed by atoms with Crippen LogP contribution in [0, 0.1) is 16.6 Å². The van der Waals surface area contributed by atoms with Gasteiger partial charge >= 0.3 is 0 Å². The van der Waals surface area contributed by atoms with E-state index >= 15 is 0 Å². The Morgan fingerprint density at radius 2 is 1.76 bits per heavy atom. The zero-order valence-corrected chi connectivity index (χ0v) is 19.7. The molecule has 0 bridgehead atoms. The minimum atomic E-state index is -0.191. The first-order valence-electron chi connectivity index (χ1n) is 12.4. The molecule has 2 aromatic rings. The average molecular weight is 449 g/mol. The summed E-state index contributed by atoms with van der Waals surface area (Å²) in [4.78, 5) is 25.9. The summed E-state index contributed by atoms with van der Waals surface area (Å²) < 4.78 is 13.3. The van der Waals surface area contributed by atoms with Crippen LogP contribution >= 0.6 is 0 Å². The van der Waals surface area contributed by atoms with Crippen LogP contribution in [0.25, 0.3) is 5.57 Å². The van der Waals surface area contributed by atoms with Gasteiger partial charge in [0, 0.05) is 43.5 Å². The average Bonchev–Trinajstić information content (AvgIpc) is 3.47. The number of rotatable bonds is 3. The SMILES string of the molecule is CC1(C)CC(c2nc3c(c(=O)[nH]2)CC2(CC3)CC2)=C[C@H]1N1CCN(c2ccc(F)cc2)CC1. The molecule has 0 unspecified atom stereocenters. The molecule has 1 spiro atoms. The molecule has 0 radical (unpaired) electrons. The number of fused-ring (bicyclic) bond motifs is 1. The molecule has 1 aromatic heterocycles. The predicted octanol–water partition coefficient (Wildman–Crippen LogP) is 4.18.